The van der Waals surface area contributed by atoms with E-state index >= 15 is 0 Å². The number of aromatic nitrogens is 1. The van der Waals surface area contributed by atoms with Crippen molar-refractivity contribution in [3.8, 4) is 5.88 Å². The van der Waals surface area contributed by atoms with Crippen molar-refractivity contribution in [1.29, 1.82) is 0 Å². The van der Waals surface area contributed by atoms with E-state index in [4.69, 9.17) is 9.73 Å². The predicted molar refractivity (Wildman–Crippen MR) is 117 cm³/mol. The van der Waals surface area contributed by atoms with Gasteiger partial charge in [-0.1, -0.05) is 48.5 Å². The smallest absolute Gasteiger partial charge is 0.205 e. The number of nitrogens with one attached hydrogen (secondary N) is 1. The van der Waals surface area contributed by atoms with Gasteiger partial charge in [0.15, 0.2) is 5.88 Å². The summed E-state index contributed by atoms with van der Waals surface area (Å²) < 4.78 is 8.28. The van der Waals surface area contributed by atoms with Gasteiger partial charge in [0.25, 0.3) is 0 Å². The first-order valence-corrected chi connectivity index (χ1v) is 10.3. The average Bonchev–Trinajstić information content (AvgIpc) is 3.13. The highest BCUT2D eigenvalue weighted by Gasteiger charge is 2.31. The lowest BCUT2D eigenvalue weighted by Crippen LogP contribution is -2.40. The normalized spacial score (nSPS) is 18.9. The summed E-state index contributed by atoms with van der Waals surface area (Å²) in [5.74, 6) is 0.867. The predicted octanol–water partition coefficient (Wildman–Crippen LogP) is 4.33. The minimum absolute atomic E-state index is 0.159. The van der Waals surface area contributed by atoms with E-state index in [1.165, 1.54) is 22.2 Å². The molecule has 2 aromatic carbocycles. The zero-order chi connectivity index (χ0) is 19.6. The molecule has 0 spiro atoms. The highest BCUT2D eigenvalue weighted by molar-refractivity contribution is 5.84. The maximum atomic E-state index is 6.04. The molecule has 29 heavy (non-hydrogen) atoms. The molecule has 0 aliphatic carbocycles. The van der Waals surface area contributed by atoms with Crippen LogP contribution < -0.4 is 10.1 Å². The molecule has 2 aliphatic rings. The highest BCUT2D eigenvalue weighted by Crippen LogP contribution is 2.37. The van der Waals surface area contributed by atoms with Gasteiger partial charge in [0, 0.05) is 55.0 Å². The number of benzene rings is 2. The molecule has 5 heteroatoms. The Morgan fingerprint density at radius 1 is 1.10 bits per heavy atom. The summed E-state index contributed by atoms with van der Waals surface area (Å²) in [5, 5.41) is 4.65. The SMILES string of the molecule is CCOc1cc2ccccc2n1C1N=CC2=C(CCNC2)N1Cc1ccccc1. The van der Waals surface area contributed by atoms with Gasteiger partial charge in [-0.05, 0) is 18.6 Å². The highest BCUT2D eigenvalue weighted by atomic mass is 16.5. The second-order valence-corrected chi connectivity index (χ2v) is 7.48. The zero-order valence-corrected chi connectivity index (χ0v) is 16.7. The van der Waals surface area contributed by atoms with Crippen LogP contribution in [0.5, 0.6) is 5.88 Å². The minimum Gasteiger partial charge on any atom is -0.479 e. The van der Waals surface area contributed by atoms with E-state index in [0.717, 1.165) is 37.5 Å². The first kappa shape index (κ1) is 18.0. The van der Waals surface area contributed by atoms with Crippen molar-refractivity contribution >= 4 is 17.1 Å². The third kappa shape index (κ3) is 3.32. The molecule has 0 bridgehead atoms. The summed E-state index contributed by atoms with van der Waals surface area (Å²) in [6.45, 7) is 5.35. The Hall–Kier alpha value is -3.05. The van der Waals surface area contributed by atoms with E-state index in [0.29, 0.717) is 6.61 Å². The lowest BCUT2D eigenvalue weighted by molar-refractivity contribution is 0.160. The number of hydrogen-bond acceptors (Lipinski definition) is 4. The van der Waals surface area contributed by atoms with Crippen molar-refractivity contribution in [2.45, 2.75) is 26.2 Å². The summed E-state index contributed by atoms with van der Waals surface area (Å²) >= 11 is 0. The lowest BCUT2D eigenvalue weighted by Gasteiger charge is -2.40. The molecule has 3 aromatic rings. The quantitative estimate of drug-likeness (QED) is 0.710. The Morgan fingerprint density at radius 3 is 2.79 bits per heavy atom. The van der Waals surface area contributed by atoms with Crippen molar-refractivity contribution in [3.05, 3.63) is 77.5 Å². The van der Waals surface area contributed by atoms with E-state index in [1.807, 2.05) is 6.92 Å². The van der Waals surface area contributed by atoms with E-state index in [1.54, 1.807) is 0 Å². The maximum Gasteiger partial charge on any atom is 0.205 e. The fraction of sp³-hybridized carbons (Fsp3) is 0.292. The molecule has 0 fully saturated rings. The Morgan fingerprint density at radius 2 is 1.93 bits per heavy atom. The molecular weight excluding hydrogens is 360 g/mol. The van der Waals surface area contributed by atoms with Crippen LogP contribution in [0.1, 0.15) is 25.2 Å². The molecule has 0 radical (unpaired) electrons. The minimum atomic E-state index is -0.159. The van der Waals surface area contributed by atoms with Crippen LogP contribution in [-0.4, -0.2) is 35.4 Å². The van der Waals surface area contributed by atoms with Gasteiger partial charge < -0.3 is 15.0 Å². The number of aliphatic imine (C=N–C) groups is 1. The molecule has 5 nitrogen and oxygen atoms in total. The monoisotopic (exact) mass is 386 g/mol. The van der Waals surface area contributed by atoms with E-state index in [2.05, 4.69) is 81.7 Å². The van der Waals surface area contributed by atoms with Crippen LogP contribution in [0.3, 0.4) is 0 Å². The van der Waals surface area contributed by atoms with E-state index < -0.39 is 0 Å². The van der Waals surface area contributed by atoms with Crippen LogP contribution in [0.15, 0.2) is 76.9 Å². The zero-order valence-electron chi connectivity index (χ0n) is 16.7. The summed E-state index contributed by atoms with van der Waals surface area (Å²) in [5.41, 5.74) is 5.11. The third-order valence-electron chi connectivity index (χ3n) is 5.65. The molecule has 1 N–H and O–H groups in total. The number of ether oxygens (including phenoxy) is 1. The van der Waals surface area contributed by atoms with Crippen LogP contribution in [-0.2, 0) is 6.54 Å². The lowest BCUT2D eigenvalue weighted by atomic mass is 10.0. The molecule has 0 saturated carbocycles. The first-order chi connectivity index (χ1) is 14.3. The molecule has 1 unspecified atom stereocenters. The Labute approximate surface area is 171 Å². The van der Waals surface area contributed by atoms with Crippen molar-refractivity contribution in [2.75, 3.05) is 19.7 Å². The number of fused-ring (bicyclic) bond motifs is 1. The van der Waals surface area contributed by atoms with Crippen molar-refractivity contribution < 1.29 is 4.74 Å². The number of rotatable bonds is 5. The standard InChI is InChI=1S/C24H26N4O/c1-2-29-23-14-19-10-6-7-11-22(19)28(23)24-26-16-20-15-25-13-12-21(20)27(24)17-18-8-4-3-5-9-18/h3-11,14,16,24-25H,2,12-13,15,17H2,1H3. The van der Waals surface area contributed by atoms with Gasteiger partial charge in [-0.25, -0.2) is 4.99 Å². The van der Waals surface area contributed by atoms with Crippen LogP contribution >= 0.6 is 0 Å². The van der Waals surface area contributed by atoms with Gasteiger partial charge in [-0.3, -0.25) is 4.57 Å². The topological polar surface area (TPSA) is 41.8 Å². The Kier molecular flexibility index (Phi) is 4.82. The summed E-state index contributed by atoms with van der Waals surface area (Å²) in [6.07, 6.45) is 2.90. The van der Waals surface area contributed by atoms with Gasteiger partial charge in [0.2, 0.25) is 6.29 Å². The Bertz CT molecular complexity index is 1070. The van der Waals surface area contributed by atoms with Crippen molar-refractivity contribution in [3.63, 3.8) is 0 Å². The second kappa shape index (κ2) is 7.76. The fourth-order valence-corrected chi connectivity index (χ4v) is 4.33. The molecule has 1 aromatic heterocycles. The summed E-state index contributed by atoms with van der Waals surface area (Å²) in [6, 6.07) is 21.2. The molecule has 2 aliphatic heterocycles. The first-order valence-electron chi connectivity index (χ1n) is 10.3. The molecule has 3 heterocycles. The average molecular weight is 386 g/mol. The van der Waals surface area contributed by atoms with Gasteiger partial charge in [-0.15, -0.1) is 0 Å². The van der Waals surface area contributed by atoms with Crippen molar-refractivity contribution in [2.24, 2.45) is 4.99 Å². The van der Waals surface area contributed by atoms with E-state index in [9.17, 15) is 0 Å². The molecule has 0 saturated heterocycles. The third-order valence-corrected chi connectivity index (χ3v) is 5.65. The number of nitrogens with zero attached hydrogens (tertiary/aromatic N) is 3. The molecule has 5 rings (SSSR count). The van der Waals surface area contributed by atoms with Gasteiger partial charge in [0.05, 0.1) is 12.1 Å². The van der Waals surface area contributed by atoms with E-state index in [-0.39, 0.29) is 6.29 Å². The fourth-order valence-electron chi connectivity index (χ4n) is 4.33. The van der Waals surface area contributed by atoms with Gasteiger partial charge >= 0.3 is 0 Å². The largest absolute Gasteiger partial charge is 0.479 e. The van der Waals surface area contributed by atoms with Gasteiger partial charge in [-0.2, -0.15) is 0 Å². The molecule has 148 valence electrons. The van der Waals surface area contributed by atoms with Crippen molar-refractivity contribution in [1.82, 2.24) is 14.8 Å². The summed E-state index contributed by atoms with van der Waals surface area (Å²) in [7, 11) is 0. The number of hydrogen-bond donors (Lipinski definition) is 1. The number of para-hydroxylation sites is 1. The van der Waals surface area contributed by atoms with Crippen LogP contribution in [0.2, 0.25) is 0 Å². The Balaban J connectivity index is 1.63. The van der Waals surface area contributed by atoms with Crippen LogP contribution in [0, 0.1) is 0 Å². The molecule has 1 atom stereocenters. The van der Waals surface area contributed by atoms with Crippen LogP contribution in [0.25, 0.3) is 10.9 Å². The molecule has 0 amide bonds. The van der Waals surface area contributed by atoms with Gasteiger partial charge in [0.1, 0.15) is 0 Å². The van der Waals surface area contributed by atoms with Crippen LogP contribution in [0.4, 0.5) is 0 Å². The molecular formula is C24H26N4O. The maximum absolute atomic E-state index is 6.04. The second-order valence-electron chi connectivity index (χ2n) is 7.48. The summed E-state index contributed by atoms with van der Waals surface area (Å²) in [4.78, 5) is 7.46.